The van der Waals surface area contributed by atoms with Crippen molar-refractivity contribution < 1.29 is 13.9 Å². The number of halogens is 2. The minimum Gasteiger partial charge on any atom is -0.444 e. The van der Waals surface area contributed by atoms with Crippen LogP contribution < -0.4 is 10.6 Å². The molecule has 0 saturated carbocycles. The monoisotopic (exact) mass is 254 g/mol. The standard InChI is InChI=1S/C10H19FN2O2.ClH/c1-10(2,3)15-9(14)13-8-4-5-12-6-7(8)11;/h7-8,12H,4-6H2,1-3H3,(H,13,14);1H/t7-,8+;/m1./s1. The van der Waals surface area contributed by atoms with Gasteiger partial charge in [0.25, 0.3) is 0 Å². The highest BCUT2D eigenvalue weighted by Crippen LogP contribution is 2.10. The minimum absolute atomic E-state index is 0. The van der Waals surface area contributed by atoms with Crippen molar-refractivity contribution in [3.05, 3.63) is 0 Å². The van der Waals surface area contributed by atoms with Crippen molar-refractivity contribution in [1.29, 1.82) is 0 Å². The summed E-state index contributed by atoms with van der Waals surface area (Å²) in [6.07, 6.45) is -0.983. The van der Waals surface area contributed by atoms with Crippen LogP contribution >= 0.6 is 12.4 Å². The zero-order valence-corrected chi connectivity index (χ0v) is 10.7. The van der Waals surface area contributed by atoms with E-state index in [1.54, 1.807) is 20.8 Å². The third-order valence-electron chi connectivity index (χ3n) is 2.11. The van der Waals surface area contributed by atoms with Crippen LogP contribution in [0.5, 0.6) is 0 Å². The molecule has 96 valence electrons. The quantitative estimate of drug-likeness (QED) is 0.748. The van der Waals surface area contributed by atoms with Gasteiger partial charge in [-0.05, 0) is 33.7 Å². The lowest BCUT2D eigenvalue weighted by Gasteiger charge is -2.28. The highest BCUT2D eigenvalue weighted by molar-refractivity contribution is 5.85. The fourth-order valence-corrected chi connectivity index (χ4v) is 1.44. The molecule has 16 heavy (non-hydrogen) atoms. The third kappa shape index (κ3) is 5.51. The summed E-state index contributed by atoms with van der Waals surface area (Å²) in [6, 6.07) is -0.430. The van der Waals surface area contributed by atoms with Crippen LogP contribution in [0.25, 0.3) is 0 Å². The Kier molecular flexibility index (Phi) is 6.04. The van der Waals surface area contributed by atoms with Crippen LogP contribution in [-0.2, 0) is 4.74 Å². The molecule has 0 aromatic carbocycles. The Balaban J connectivity index is 0.00000225. The fourth-order valence-electron chi connectivity index (χ4n) is 1.44. The summed E-state index contributed by atoms with van der Waals surface area (Å²) in [6.45, 7) is 6.35. The predicted molar refractivity (Wildman–Crippen MR) is 62.8 cm³/mol. The SMILES string of the molecule is CC(C)(C)OC(=O)N[C@H]1CCNC[C@H]1F.Cl. The molecule has 6 heteroatoms. The molecule has 0 spiro atoms. The van der Waals surface area contributed by atoms with Crippen LogP contribution in [-0.4, -0.2) is 37.0 Å². The van der Waals surface area contributed by atoms with Gasteiger partial charge in [0.15, 0.2) is 0 Å². The van der Waals surface area contributed by atoms with Gasteiger partial charge in [-0.25, -0.2) is 9.18 Å². The zero-order valence-electron chi connectivity index (χ0n) is 9.88. The maximum atomic E-state index is 13.3. The molecule has 1 aliphatic rings. The predicted octanol–water partition coefficient (Wildman–Crippen LogP) is 1.63. The second-order valence-corrected chi connectivity index (χ2v) is 4.76. The van der Waals surface area contributed by atoms with Crippen molar-refractivity contribution in [1.82, 2.24) is 10.6 Å². The molecule has 4 nitrogen and oxygen atoms in total. The van der Waals surface area contributed by atoms with Gasteiger partial charge in [-0.1, -0.05) is 0 Å². The number of hydrogen-bond donors (Lipinski definition) is 2. The molecule has 0 aromatic heterocycles. The van der Waals surface area contributed by atoms with Crippen LogP contribution in [0.3, 0.4) is 0 Å². The summed E-state index contributed by atoms with van der Waals surface area (Å²) in [5.74, 6) is 0. The Labute approximate surface area is 102 Å². The number of hydrogen-bond acceptors (Lipinski definition) is 3. The van der Waals surface area contributed by atoms with Crippen LogP contribution in [0.2, 0.25) is 0 Å². The summed E-state index contributed by atoms with van der Waals surface area (Å²) >= 11 is 0. The number of alkyl halides is 1. The fraction of sp³-hybridized carbons (Fsp3) is 0.900. The molecule has 1 fully saturated rings. The Morgan fingerprint density at radius 2 is 2.12 bits per heavy atom. The average Bonchev–Trinajstić information content (AvgIpc) is 2.05. The minimum atomic E-state index is -1.04. The first-order valence-electron chi connectivity index (χ1n) is 5.23. The molecular weight excluding hydrogens is 235 g/mol. The lowest BCUT2D eigenvalue weighted by Crippen LogP contribution is -2.51. The number of carbonyl (C=O) groups excluding carboxylic acids is 1. The van der Waals surface area contributed by atoms with Gasteiger partial charge in [0, 0.05) is 6.54 Å². The molecule has 0 aromatic rings. The van der Waals surface area contributed by atoms with Crippen molar-refractivity contribution in [2.75, 3.05) is 13.1 Å². The number of piperidine rings is 1. The van der Waals surface area contributed by atoms with E-state index < -0.39 is 23.9 Å². The second kappa shape index (κ2) is 6.25. The molecule has 1 rings (SSSR count). The van der Waals surface area contributed by atoms with Gasteiger partial charge in [0.2, 0.25) is 0 Å². The average molecular weight is 255 g/mol. The van der Waals surface area contributed by atoms with Gasteiger partial charge in [-0.3, -0.25) is 0 Å². The normalized spacial score (nSPS) is 25.5. The second-order valence-electron chi connectivity index (χ2n) is 4.76. The zero-order chi connectivity index (χ0) is 11.5. The van der Waals surface area contributed by atoms with E-state index in [4.69, 9.17) is 4.74 Å². The molecule has 2 atom stereocenters. The van der Waals surface area contributed by atoms with Crippen LogP contribution in [0, 0.1) is 0 Å². The number of nitrogens with one attached hydrogen (secondary N) is 2. The van der Waals surface area contributed by atoms with E-state index in [0.29, 0.717) is 13.0 Å². The molecular formula is C10H20ClFN2O2. The Bertz CT molecular complexity index is 233. The van der Waals surface area contributed by atoms with Gasteiger partial charge in [0.05, 0.1) is 6.04 Å². The molecule has 1 heterocycles. The van der Waals surface area contributed by atoms with Crippen LogP contribution in [0.1, 0.15) is 27.2 Å². The maximum Gasteiger partial charge on any atom is 0.407 e. The summed E-state index contributed by atoms with van der Waals surface area (Å²) in [5, 5.41) is 5.47. The Hall–Kier alpha value is -0.550. The number of rotatable bonds is 1. The molecule has 1 aliphatic heterocycles. The van der Waals surface area contributed by atoms with Gasteiger partial charge < -0.3 is 15.4 Å². The summed E-state index contributed by atoms with van der Waals surface area (Å²) in [7, 11) is 0. The van der Waals surface area contributed by atoms with E-state index in [1.807, 2.05) is 0 Å². The van der Waals surface area contributed by atoms with Gasteiger partial charge in [-0.2, -0.15) is 0 Å². The highest BCUT2D eigenvalue weighted by Gasteiger charge is 2.27. The Morgan fingerprint density at radius 1 is 1.50 bits per heavy atom. The molecule has 1 amide bonds. The molecule has 1 saturated heterocycles. The first-order chi connectivity index (χ1) is 6.88. The largest absolute Gasteiger partial charge is 0.444 e. The Morgan fingerprint density at radius 3 is 2.62 bits per heavy atom. The van der Waals surface area contributed by atoms with E-state index in [-0.39, 0.29) is 12.4 Å². The highest BCUT2D eigenvalue weighted by atomic mass is 35.5. The van der Waals surface area contributed by atoms with Crippen molar-refractivity contribution in [3.8, 4) is 0 Å². The summed E-state index contributed by atoms with van der Waals surface area (Å²) in [5.41, 5.74) is -0.539. The topological polar surface area (TPSA) is 50.4 Å². The van der Waals surface area contributed by atoms with E-state index in [1.165, 1.54) is 0 Å². The van der Waals surface area contributed by atoms with Gasteiger partial charge in [-0.15, -0.1) is 12.4 Å². The van der Waals surface area contributed by atoms with Gasteiger partial charge in [0.1, 0.15) is 11.8 Å². The van der Waals surface area contributed by atoms with Crippen molar-refractivity contribution in [3.63, 3.8) is 0 Å². The maximum absolute atomic E-state index is 13.3. The van der Waals surface area contributed by atoms with Crippen LogP contribution in [0.4, 0.5) is 9.18 Å². The van der Waals surface area contributed by atoms with E-state index in [9.17, 15) is 9.18 Å². The summed E-state index contributed by atoms with van der Waals surface area (Å²) < 4.78 is 18.4. The van der Waals surface area contributed by atoms with Crippen LogP contribution in [0.15, 0.2) is 0 Å². The molecule has 0 radical (unpaired) electrons. The van der Waals surface area contributed by atoms with E-state index in [2.05, 4.69) is 10.6 Å². The molecule has 2 N–H and O–H groups in total. The first kappa shape index (κ1) is 15.4. The lowest BCUT2D eigenvalue weighted by molar-refractivity contribution is 0.0458. The summed E-state index contributed by atoms with van der Waals surface area (Å²) in [4.78, 5) is 11.4. The molecule has 0 unspecified atom stereocenters. The van der Waals surface area contributed by atoms with Crippen molar-refractivity contribution in [2.45, 2.75) is 45.0 Å². The smallest absolute Gasteiger partial charge is 0.407 e. The van der Waals surface area contributed by atoms with E-state index in [0.717, 1.165) is 6.54 Å². The number of alkyl carbamates (subject to hydrolysis) is 1. The molecule has 0 bridgehead atoms. The van der Waals surface area contributed by atoms with E-state index >= 15 is 0 Å². The third-order valence-corrected chi connectivity index (χ3v) is 2.11. The lowest BCUT2D eigenvalue weighted by atomic mass is 10.1. The number of ether oxygens (including phenoxy) is 1. The number of carbonyl (C=O) groups is 1. The first-order valence-corrected chi connectivity index (χ1v) is 5.23. The van der Waals surface area contributed by atoms with Crippen molar-refractivity contribution in [2.24, 2.45) is 0 Å². The van der Waals surface area contributed by atoms with Crippen molar-refractivity contribution >= 4 is 18.5 Å². The molecule has 0 aliphatic carbocycles. The number of amides is 1. The van der Waals surface area contributed by atoms with Gasteiger partial charge >= 0.3 is 6.09 Å².